The van der Waals surface area contributed by atoms with Gasteiger partial charge >= 0.3 is 0 Å². The summed E-state index contributed by atoms with van der Waals surface area (Å²) in [5, 5.41) is 4.62. The minimum atomic E-state index is -0.223. The third kappa shape index (κ3) is 6.36. The van der Waals surface area contributed by atoms with Crippen molar-refractivity contribution in [3.05, 3.63) is 93.2 Å². The second kappa shape index (κ2) is 11.2. The first-order valence-corrected chi connectivity index (χ1v) is 10.6. The summed E-state index contributed by atoms with van der Waals surface area (Å²) in [5.41, 5.74) is 2.89. The molecule has 0 saturated heterocycles. The van der Waals surface area contributed by atoms with Crippen molar-refractivity contribution in [3.8, 4) is 11.5 Å². The Hall–Kier alpha value is -2.27. The van der Waals surface area contributed by atoms with Gasteiger partial charge in [0.25, 0.3) is 0 Å². The first kappa shape index (κ1) is 22.4. The lowest BCUT2D eigenvalue weighted by atomic mass is 10.1. The molecule has 0 aliphatic rings. The molecule has 6 heteroatoms. The minimum Gasteiger partial charge on any atom is -0.490 e. The third-order valence-electron chi connectivity index (χ3n) is 4.57. The molecule has 3 nitrogen and oxygen atoms in total. The molecule has 0 spiro atoms. The largest absolute Gasteiger partial charge is 0.490 e. The fraction of sp³-hybridized carbons (Fsp3) is 0.250. The van der Waals surface area contributed by atoms with Crippen LogP contribution >= 0.6 is 23.2 Å². The molecule has 3 rings (SSSR count). The number of nitrogens with one attached hydrogen (secondary N) is 1. The van der Waals surface area contributed by atoms with Crippen molar-refractivity contribution in [2.75, 3.05) is 13.2 Å². The van der Waals surface area contributed by atoms with Crippen molar-refractivity contribution < 1.29 is 13.9 Å². The van der Waals surface area contributed by atoms with Crippen molar-refractivity contribution in [2.45, 2.75) is 26.5 Å². The molecule has 0 amide bonds. The van der Waals surface area contributed by atoms with Crippen molar-refractivity contribution in [3.63, 3.8) is 0 Å². The Morgan fingerprint density at radius 1 is 0.867 bits per heavy atom. The van der Waals surface area contributed by atoms with E-state index in [1.54, 1.807) is 18.2 Å². The molecule has 0 saturated carbocycles. The van der Waals surface area contributed by atoms with Crippen LogP contribution in [0.25, 0.3) is 0 Å². The van der Waals surface area contributed by atoms with Crippen LogP contribution in [-0.4, -0.2) is 13.2 Å². The predicted molar refractivity (Wildman–Crippen MR) is 120 cm³/mol. The van der Waals surface area contributed by atoms with Crippen molar-refractivity contribution >= 4 is 23.2 Å². The zero-order valence-corrected chi connectivity index (χ0v) is 18.3. The van der Waals surface area contributed by atoms with Gasteiger partial charge in [0.05, 0.1) is 6.61 Å². The summed E-state index contributed by atoms with van der Waals surface area (Å²) in [5.74, 6) is 1.000. The quantitative estimate of drug-likeness (QED) is 0.362. The van der Waals surface area contributed by atoms with Crippen molar-refractivity contribution in [1.29, 1.82) is 0 Å². The first-order chi connectivity index (χ1) is 14.6. The van der Waals surface area contributed by atoms with Crippen LogP contribution in [0, 0.1) is 5.82 Å². The topological polar surface area (TPSA) is 30.5 Å². The van der Waals surface area contributed by atoms with Gasteiger partial charge in [-0.1, -0.05) is 53.5 Å². The van der Waals surface area contributed by atoms with E-state index in [2.05, 4.69) is 5.32 Å². The molecule has 0 unspecified atom stereocenters. The summed E-state index contributed by atoms with van der Waals surface area (Å²) in [6.07, 6.45) is 0.801. The van der Waals surface area contributed by atoms with Gasteiger partial charge in [-0.3, -0.25) is 0 Å². The number of rotatable bonds is 10. The van der Waals surface area contributed by atoms with E-state index in [0.29, 0.717) is 41.3 Å². The van der Waals surface area contributed by atoms with E-state index >= 15 is 0 Å². The monoisotopic (exact) mass is 447 g/mol. The van der Waals surface area contributed by atoms with Gasteiger partial charge in [0.15, 0.2) is 11.5 Å². The molecule has 0 aromatic heterocycles. The Bertz CT molecular complexity index is 964. The van der Waals surface area contributed by atoms with Crippen LogP contribution in [0.15, 0.2) is 60.7 Å². The maximum atomic E-state index is 13.0. The van der Waals surface area contributed by atoms with Crippen LogP contribution < -0.4 is 14.8 Å². The highest BCUT2D eigenvalue weighted by molar-refractivity contribution is 6.31. The van der Waals surface area contributed by atoms with Gasteiger partial charge in [-0.15, -0.1) is 0 Å². The van der Waals surface area contributed by atoms with Crippen molar-refractivity contribution in [1.82, 2.24) is 5.32 Å². The highest BCUT2D eigenvalue weighted by Crippen LogP contribution is 2.34. The Morgan fingerprint density at radius 2 is 1.60 bits per heavy atom. The molecule has 0 fully saturated rings. The Kier molecular flexibility index (Phi) is 8.38. The fourth-order valence-electron chi connectivity index (χ4n) is 2.97. The summed E-state index contributed by atoms with van der Waals surface area (Å²) in [6.45, 7) is 4.10. The smallest absolute Gasteiger partial charge is 0.163 e. The van der Waals surface area contributed by atoms with Crippen molar-refractivity contribution in [2.24, 2.45) is 0 Å². The first-order valence-electron chi connectivity index (χ1n) is 9.83. The van der Waals surface area contributed by atoms with E-state index in [1.807, 2.05) is 37.3 Å². The average Bonchev–Trinajstić information content (AvgIpc) is 2.74. The third-order valence-corrected chi connectivity index (χ3v) is 5.29. The second-order valence-electron chi connectivity index (χ2n) is 6.76. The molecule has 0 aliphatic heterocycles. The van der Waals surface area contributed by atoms with E-state index in [4.69, 9.17) is 32.7 Å². The van der Waals surface area contributed by atoms with Crippen LogP contribution in [0.3, 0.4) is 0 Å². The van der Waals surface area contributed by atoms with Gasteiger partial charge in [0.1, 0.15) is 12.4 Å². The van der Waals surface area contributed by atoms with Gasteiger partial charge in [-0.05, 0) is 55.3 Å². The summed E-state index contributed by atoms with van der Waals surface area (Å²) in [4.78, 5) is 0. The zero-order chi connectivity index (χ0) is 21.3. The van der Waals surface area contributed by atoms with Crippen LogP contribution in [0.4, 0.5) is 4.39 Å². The minimum absolute atomic E-state index is 0.223. The molecule has 30 heavy (non-hydrogen) atoms. The standard InChI is InChI=1S/C24H24Cl2FNO2/c1-2-29-23-13-19(15-28-12-11-17-7-9-20(27)10-8-17)22(26)14-24(23)30-16-18-5-3-4-6-21(18)25/h3-10,13-14,28H,2,11-12,15-16H2,1H3. The van der Waals surface area contributed by atoms with Gasteiger partial charge in [0, 0.05) is 28.2 Å². The van der Waals surface area contributed by atoms with Crippen LogP contribution in [0.2, 0.25) is 10.0 Å². The Morgan fingerprint density at radius 3 is 2.33 bits per heavy atom. The predicted octanol–water partition coefficient (Wildman–Crippen LogP) is 6.44. The van der Waals surface area contributed by atoms with E-state index in [9.17, 15) is 4.39 Å². The molecule has 0 radical (unpaired) electrons. The fourth-order valence-corrected chi connectivity index (χ4v) is 3.38. The number of hydrogen-bond acceptors (Lipinski definition) is 3. The number of benzene rings is 3. The Balaban J connectivity index is 1.61. The van der Waals surface area contributed by atoms with Crippen LogP contribution in [-0.2, 0) is 19.6 Å². The van der Waals surface area contributed by atoms with Crippen LogP contribution in [0.1, 0.15) is 23.6 Å². The van der Waals surface area contributed by atoms with E-state index in [0.717, 1.165) is 29.7 Å². The maximum absolute atomic E-state index is 13.0. The van der Waals surface area contributed by atoms with E-state index < -0.39 is 0 Å². The highest BCUT2D eigenvalue weighted by Gasteiger charge is 2.12. The molecule has 0 heterocycles. The maximum Gasteiger partial charge on any atom is 0.163 e. The van der Waals surface area contributed by atoms with E-state index in [1.165, 1.54) is 12.1 Å². The Labute approximate surface area is 186 Å². The highest BCUT2D eigenvalue weighted by atomic mass is 35.5. The molecule has 0 atom stereocenters. The molecule has 0 aliphatic carbocycles. The zero-order valence-electron chi connectivity index (χ0n) is 16.8. The number of ether oxygens (including phenoxy) is 2. The number of halogens is 3. The normalized spacial score (nSPS) is 10.8. The molecule has 158 valence electrons. The van der Waals surface area contributed by atoms with Gasteiger partial charge < -0.3 is 14.8 Å². The molecule has 3 aromatic rings. The summed E-state index contributed by atoms with van der Waals surface area (Å²) < 4.78 is 24.7. The lowest BCUT2D eigenvalue weighted by molar-refractivity contribution is 0.269. The molecular formula is C24H24Cl2FNO2. The van der Waals surface area contributed by atoms with Gasteiger partial charge in [-0.25, -0.2) is 4.39 Å². The lowest BCUT2D eigenvalue weighted by Gasteiger charge is -2.16. The lowest BCUT2D eigenvalue weighted by Crippen LogP contribution is -2.17. The van der Waals surface area contributed by atoms with Gasteiger partial charge in [0.2, 0.25) is 0 Å². The number of hydrogen-bond donors (Lipinski definition) is 1. The van der Waals surface area contributed by atoms with E-state index in [-0.39, 0.29) is 5.82 Å². The van der Waals surface area contributed by atoms with Crippen LogP contribution in [0.5, 0.6) is 11.5 Å². The summed E-state index contributed by atoms with van der Waals surface area (Å²) >= 11 is 12.7. The second-order valence-corrected chi connectivity index (χ2v) is 7.57. The summed E-state index contributed by atoms with van der Waals surface area (Å²) in [7, 11) is 0. The van der Waals surface area contributed by atoms with Gasteiger partial charge in [-0.2, -0.15) is 0 Å². The molecule has 1 N–H and O–H groups in total. The summed E-state index contributed by atoms with van der Waals surface area (Å²) in [6, 6.07) is 17.8. The molecular weight excluding hydrogens is 424 g/mol. The molecule has 3 aromatic carbocycles. The average molecular weight is 448 g/mol. The molecule has 0 bridgehead atoms. The SMILES string of the molecule is CCOc1cc(CNCCc2ccc(F)cc2)c(Cl)cc1OCc1ccccc1Cl.